The van der Waals surface area contributed by atoms with E-state index in [1.54, 1.807) is 0 Å². The minimum atomic E-state index is -0.0805. The highest BCUT2D eigenvalue weighted by Crippen LogP contribution is 2.33. The molecule has 0 aliphatic rings. The molecule has 0 saturated heterocycles. The first kappa shape index (κ1) is 30.9. The van der Waals surface area contributed by atoms with Crippen LogP contribution in [0.4, 0.5) is 0 Å². The average molecular weight is 455 g/mol. The van der Waals surface area contributed by atoms with Crippen molar-refractivity contribution in [3.05, 3.63) is 0 Å². The summed E-state index contributed by atoms with van der Waals surface area (Å²) in [6.07, 6.45) is 19.7. The van der Waals surface area contributed by atoms with Crippen LogP contribution in [0.15, 0.2) is 0 Å². The number of rotatable bonds is 21. The van der Waals surface area contributed by atoms with Gasteiger partial charge in [0.2, 0.25) is 0 Å². The molecule has 0 bridgehead atoms. The third kappa shape index (κ3) is 15.7. The first-order valence-corrected chi connectivity index (χ1v) is 13.5. The van der Waals surface area contributed by atoms with E-state index in [2.05, 4.69) is 32.4 Å². The van der Waals surface area contributed by atoms with Crippen molar-refractivity contribution in [1.82, 2.24) is 0 Å². The van der Waals surface area contributed by atoms with Crippen LogP contribution in [0.25, 0.3) is 0 Å². The fourth-order valence-corrected chi connectivity index (χ4v) is 4.88. The van der Waals surface area contributed by atoms with Crippen molar-refractivity contribution in [3.8, 4) is 0 Å². The first-order valence-electron chi connectivity index (χ1n) is 13.5. The minimum Gasteiger partial charge on any atom is -0.469 e. The Bertz CT molecular complexity index is 458. The van der Waals surface area contributed by atoms with Gasteiger partial charge in [-0.05, 0) is 30.6 Å². The number of ether oxygens (including phenoxy) is 2. The number of hydrogen-bond donors (Lipinski definition) is 0. The highest BCUT2D eigenvalue weighted by molar-refractivity contribution is 5.73. The Morgan fingerprint density at radius 1 is 0.562 bits per heavy atom. The number of unbranched alkanes of at least 4 members (excludes halogenated alkanes) is 13. The van der Waals surface area contributed by atoms with Gasteiger partial charge in [0.25, 0.3) is 0 Å². The number of hydrogen-bond acceptors (Lipinski definition) is 4. The van der Waals surface area contributed by atoms with E-state index in [1.807, 2.05) is 0 Å². The van der Waals surface area contributed by atoms with Crippen LogP contribution in [0.2, 0.25) is 0 Å². The first-order chi connectivity index (χ1) is 15.3. The molecular formula is C28H54O4. The third-order valence-corrected chi connectivity index (χ3v) is 6.91. The average Bonchev–Trinajstić information content (AvgIpc) is 2.76. The summed E-state index contributed by atoms with van der Waals surface area (Å²) < 4.78 is 9.75. The Balaban J connectivity index is 3.63. The maximum Gasteiger partial charge on any atom is 0.309 e. The maximum atomic E-state index is 12.3. The van der Waals surface area contributed by atoms with Crippen molar-refractivity contribution in [1.29, 1.82) is 0 Å². The van der Waals surface area contributed by atoms with E-state index in [0.29, 0.717) is 24.2 Å². The van der Waals surface area contributed by atoms with Crippen LogP contribution in [0.1, 0.15) is 130 Å². The molecule has 2 atom stereocenters. The third-order valence-electron chi connectivity index (χ3n) is 6.91. The lowest BCUT2D eigenvalue weighted by molar-refractivity contribution is -0.150. The Kier molecular flexibility index (Phi) is 19.9. The smallest absolute Gasteiger partial charge is 0.309 e. The van der Waals surface area contributed by atoms with E-state index in [4.69, 9.17) is 4.74 Å². The molecular weight excluding hydrogens is 400 g/mol. The molecule has 2 unspecified atom stereocenters. The van der Waals surface area contributed by atoms with Gasteiger partial charge in [-0.2, -0.15) is 0 Å². The molecule has 0 aromatic carbocycles. The summed E-state index contributed by atoms with van der Waals surface area (Å²) in [6, 6.07) is 0. The summed E-state index contributed by atoms with van der Waals surface area (Å²) in [5.74, 6) is 1.19. The zero-order valence-corrected chi connectivity index (χ0v) is 22.3. The number of carbonyl (C=O) groups is 2. The Labute approximate surface area is 199 Å². The second-order valence-corrected chi connectivity index (χ2v) is 10.3. The molecule has 0 N–H and O–H groups in total. The fraction of sp³-hybridized carbons (Fsp3) is 0.929. The molecule has 0 amide bonds. The van der Waals surface area contributed by atoms with Crippen molar-refractivity contribution < 1.29 is 19.1 Å². The topological polar surface area (TPSA) is 52.6 Å². The van der Waals surface area contributed by atoms with Crippen LogP contribution in [0.5, 0.6) is 0 Å². The second kappa shape index (κ2) is 20.5. The SMILES string of the molecule is COC(=O)CCCCCCCCCCCCCCCCC(C(C)C)C(C(=O)OC)C(C)C. The van der Waals surface area contributed by atoms with Gasteiger partial charge in [0.15, 0.2) is 0 Å². The van der Waals surface area contributed by atoms with E-state index in [1.165, 1.54) is 91.3 Å². The molecule has 0 radical (unpaired) electrons. The largest absolute Gasteiger partial charge is 0.469 e. The van der Waals surface area contributed by atoms with Gasteiger partial charge >= 0.3 is 11.9 Å². The van der Waals surface area contributed by atoms with Crippen LogP contribution in [-0.4, -0.2) is 26.2 Å². The second-order valence-electron chi connectivity index (χ2n) is 10.3. The van der Waals surface area contributed by atoms with Crippen molar-refractivity contribution in [2.24, 2.45) is 23.7 Å². The van der Waals surface area contributed by atoms with E-state index in [0.717, 1.165) is 19.3 Å². The molecule has 190 valence electrons. The molecule has 4 nitrogen and oxygen atoms in total. The molecule has 0 aliphatic carbocycles. The van der Waals surface area contributed by atoms with Gasteiger partial charge in [0, 0.05) is 6.42 Å². The zero-order valence-electron chi connectivity index (χ0n) is 22.3. The summed E-state index contributed by atoms with van der Waals surface area (Å²) >= 11 is 0. The lowest BCUT2D eigenvalue weighted by atomic mass is 9.74. The van der Waals surface area contributed by atoms with Crippen LogP contribution < -0.4 is 0 Å². The summed E-state index contributed by atoms with van der Waals surface area (Å²) in [4.78, 5) is 23.3. The minimum absolute atomic E-state index is 0.0276. The lowest BCUT2D eigenvalue weighted by Gasteiger charge is -2.31. The van der Waals surface area contributed by atoms with Crippen LogP contribution >= 0.6 is 0 Å². The Hall–Kier alpha value is -1.06. The van der Waals surface area contributed by atoms with Crippen molar-refractivity contribution in [2.75, 3.05) is 14.2 Å². The van der Waals surface area contributed by atoms with Gasteiger partial charge in [-0.1, -0.05) is 111 Å². The van der Waals surface area contributed by atoms with Gasteiger partial charge in [0.05, 0.1) is 20.1 Å². The predicted molar refractivity (Wildman–Crippen MR) is 135 cm³/mol. The molecule has 0 aromatic heterocycles. The van der Waals surface area contributed by atoms with Gasteiger partial charge in [-0.3, -0.25) is 9.59 Å². The van der Waals surface area contributed by atoms with Crippen molar-refractivity contribution in [3.63, 3.8) is 0 Å². The highest BCUT2D eigenvalue weighted by Gasteiger charge is 2.33. The summed E-state index contributed by atoms with van der Waals surface area (Å²) in [5, 5.41) is 0. The van der Waals surface area contributed by atoms with Crippen molar-refractivity contribution >= 4 is 11.9 Å². The van der Waals surface area contributed by atoms with E-state index in [9.17, 15) is 9.59 Å². The summed E-state index contributed by atoms with van der Waals surface area (Å²) in [7, 11) is 2.98. The predicted octanol–water partition coefficient (Wildman–Crippen LogP) is 8.12. The standard InChI is InChI=1S/C28H54O4/c1-23(2)25(27(24(3)4)28(30)32-6)21-19-17-15-13-11-9-7-8-10-12-14-16-18-20-22-26(29)31-5/h23-25,27H,7-22H2,1-6H3. The van der Waals surface area contributed by atoms with Crippen LogP contribution in [0.3, 0.4) is 0 Å². The molecule has 32 heavy (non-hydrogen) atoms. The van der Waals surface area contributed by atoms with E-state index in [-0.39, 0.29) is 17.9 Å². The van der Waals surface area contributed by atoms with E-state index < -0.39 is 0 Å². The van der Waals surface area contributed by atoms with Gasteiger partial charge < -0.3 is 9.47 Å². The van der Waals surface area contributed by atoms with E-state index >= 15 is 0 Å². The molecule has 0 aromatic rings. The van der Waals surface area contributed by atoms with Gasteiger partial charge in [-0.25, -0.2) is 0 Å². The molecule has 0 saturated carbocycles. The highest BCUT2D eigenvalue weighted by atomic mass is 16.5. The normalized spacial score (nSPS) is 13.4. The van der Waals surface area contributed by atoms with Gasteiger partial charge in [0.1, 0.15) is 0 Å². The van der Waals surface area contributed by atoms with Crippen LogP contribution in [0, 0.1) is 23.7 Å². The summed E-state index contributed by atoms with van der Waals surface area (Å²) in [5.41, 5.74) is 0. The number of esters is 2. The monoisotopic (exact) mass is 454 g/mol. The Morgan fingerprint density at radius 3 is 1.31 bits per heavy atom. The maximum absolute atomic E-state index is 12.3. The molecule has 0 spiro atoms. The van der Waals surface area contributed by atoms with Crippen molar-refractivity contribution in [2.45, 2.75) is 130 Å². The molecule has 4 heteroatoms. The molecule has 0 fully saturated rings. The zero-order chi connectivity index (χ0) is 24.2. The fourth-order valence-electron chi connectivity index (χ4n) is 4.88. The van der Waals surface area contributed by atoms with Crippen LogP contribution in [-0.2, 0) is 19.1 Å². The lowest BCUT2D eigenvalue weighted by Crippen LogP contribution is -2.32. The molecule has 0 rings (SSSR count). The number of carbonyl (C=O) groups excluding carboxylic acids is 2. The number of methoxy groups -OCH3 is 2. The molecule has 0 heterocycles. The summed E-state index contributed by atoms with van der Waals surface area (Å²) in [6.45, 7) is 8.78. The quantitative estimate of drug-likeness (QED) is 0.130. The van der Waals surface area contributed by atoms with Gasteiger partial charge in [-0.15, -0.1) is 0 Å². The Morgan fingerprint density at radius 2 is 0.969 bits per heavy atom. The molecule has 0 aliphatic heterocycles.